The first kappa shape index (κ1) is 23.4. The number of nitrogens with one attached hydrogen (secondary N) is 2. The summed E-state index contributed by atoms with van der Waals surface area (Å²) < 4.78 is 2.08. The summed E-state index contributed by atoms with van der Waals surface area (Å²) in [5.74, 6) is 0.869. The maximum Gasteiger partial charge on any atom is 0.191 e. The first-order valence-electron chi connectivity index (χ1n) is 10.7. The van der Waals surface area contributed by atoms with Crippen LogP contribution in [-0.2, 0) is 12.8 Å². The van der Waals surface area contributed by atoms with Crippen molar-refractivity contribution in [3.05, 3.63) is 17.5 Å². The van der Waals surface area contributed by atoms with Crippen LogP contribution in [0.25, 0.3) is 0 Å². The summed E-state index contributed by atoms with van der Waals surface area (Å²) in [6, 6.07) is 0.762. The molecule has 3 unspecified atom stereocenters. The second kappa shape index (κ2) is 10.3. The van der Waals surface area contributed by atoms with Gasteiger partial charge >= 0.3 is 0 Å². The summed E-state index contributed by atoms with van der Waals surface area (Å²) in [5.41, 5.74) is 2.51. The lowest BCUT2D eigenvalue weighted by atomic mass is 9.73. The third-order valence-corrected chi connectivity index (χ3v) is 6.19. The number of hydrogen-bond acceptors (Lipinski definition) is 3. The molecule has 1 aromatic rings. The molecule has 7 heteroatoms. The Balaban J connectivity index is 0.00000280. The van der Waals surface area contributed by atoms with E-state index in [0.29, 0.717) is 18.6 Å². The summed E-state index contributed by atoms with van der Waals surface area (Å²) in [6.07, 6.45) is 9.35. The van der Waals surface area contributed by atoms with Crippen LogP contribution < -0.4 is 10.6 Å². The van der Waals surface area contributed by atoms with E-state index in [1.54, 1.807) is 0 Å². The molecule has 1 heterocycles. The van der Waals surface area contributed by atoms with Crippen molar-refractivity contribution in [1.82, 2.24) is 20.4 Å². The van der Waals surface area contributed by atoms with Gasteiger partial charge in [0.15, 0.2) is 5.96 Å². The molecule has 3 N–H and O–H groups in total. The Kier molecular flexibility index (Phi) is 8.60. The summed E-state index contributed by atoms with van der Waals surface area (Å²) in [4.78, 5) is 4.85. The number of aryl methyl sites for hydroxylation is 1. The van der Waals surface area contributed by atoms with E-state index in [1.165, 1.54) is 17.7 Å². The Hall–Kier alpha value is -0.830. The number of aliphatic hydroxyl groups is 1. The van der Waals surface area contributed by atoms with E-state index in [1.807, 2.05) is 0 Å². The molecule has 2 aliphatic carbocycles. The van der Waals surface area contributed by atoms with E-state index in [2.05, 4.69) is 49.2 Å². The molecule has 160 valence electrons. The van der Waals surface area contributed by atoms with Gasteiger partial charge in [-0.15, -0.1) is 24.0 Å². The molecule has 0 aromatic carbocycles. The van der Waals surface area contributed by atoms with Gasteiger partial charge in [-0.1, -0.05) is 19.8 Å². The lowest BCUT2D eigenvalue weighted by Crippen LogP contribution is -2.47. The molecule has 0 aliphatic heterocycles. The Morgan fingerprint density at radius 2 is 2.18 bits per heavy atom. The van der Waals surface area contributed by atoms with Gasteiger partial charge in [0.2, 0.25) is 0 Å². The van der Waals surface area contributed by atoms with Crippen molar-refractivity contribution in [3.8, 4) is 0 Å². The van der Waals surface area contributed by atoms with Crippen LogP contribution >= 0.6 is 24.0 Å². The van der Waals surface area contributed by atoms with Crippen molar-refractivity contribution in [2.45, 2.75) is 90.8 Å². The number of fused-ring (bicyclic) bond motifs is 1. The average molecular weight is 503 g/mol. The van der Waals surface area contributed by atoms with Crippen molar-refractivity contribution < 1.29 is 5.11 Å². The predicted octanol–water partition coefficient (Wildman–Crippen LogP) is 3.44. The van der Waals surface area contributed by atoms with Crippen molar-refractivity contribution in [2.75, 3.05) is 13.1 Å². The monoisotopic (exact) mass is 503 g/mol. The molecule has 0 radical (unpaired) electrons. The molecule has 3 atom stereocenters. The normalized spacial score (nSPS) is 27.9. The molecule has 0 saturated heterocycles. The minimum absolute atomic E-state index is 0. The number of rotatable bonds is 5. The lowest BCUT2D eigenvalue weighted by molar-refractivity contribution is 0.00715. The highest BCUT2D eigenvalue weighted by Crippen LogP contribution is 2.36. The Morgan fingerprint density at radius 1 is 1.39 bits per heavy atom. The fourth-order valence-corrected chi connectivity index (χ4v) is 4.24. The van der Waals surface area contributed by atoms with Gasteiger partial charge in [-0.2, -0.15) is 5.10 Å². The number of halogens is 1. The van der Waals surface area contributed by atoms with Gasteiger partial charge in [0.1, 0.15) is 0 Å². The minimum Gasteiger partial charge on any atom is -0.392 e. The molecule has 6 nitrogen and oxygen atoms in total. The maximum atomic E-state index is 10.4. The third-order valence-electron chi connectivity index (χ3n) is 6.19. The average Bonchev–Trinajstić information content (AvgIpc) is 3.06. The van der Waals surface area contributed by atoms with Gasteiger partial charge in [-0.05, 0) is 52.0 Å². The fourth-order valence-electron chi connectivity index (χ4n) is 4.24. The fraction of sp³-hybridized carbons (Fsp3) is 0.810. The molecule has 1 saturated carbocycles. The highest BCUT2D eigenvalue weighted by atomic mass is 127. The van der Waals surface area contributed by atoms with E-state index in [4.69, 9.17) is 10.1 Å². The maximum absolute atomic E-state index is 10.4. The largest absolute Gasteiger partial charge is 0.392 e. The topological polar surface area (TPSA) is 74.5 Å². The number of aliphatic hydroxyl groups excluding tert-OH is 1. The highest BCUT2D eigenvalue weighted by molar-refractivity contribution is 14.0. The van der Waals surface area contributed by atoms with Crippen LogP contribution in [0.2, 0.25) is 0 Å². The van der Waals surface area contributed by atoms with Crippen molar-refractivity contribution in [2.24, 2.45) is 10.4 Å². The Morgan fingerprint density at radius 3 is 2.86 bits per heavy atom. The van der Waals surface area contributed by atoms with Crippen LogP contribution in [0.5, 0.6) is 0 Å². The van der Waals surface area contributed by atoms with E-state index in [0.717, 1.165) is 51.0 Å². The van der Waals surface area contributed by atoms with Crippen molar-refractivity contribution in [1.29, 1.82) is 0 Å². The standard InChI is InChI=1S/C21H37N5O.HI/c1-5-22-20(23-14-21(4)11-7-6-8-19(21)27)24-17-10-9-16-13-26(15(2)3)25-18(16)12-17;/h13,15,17,19,27H,5-12,14H2,1-4H3,(H2,22,23,24);1H. The van der Waals surface area contributed by atoms with E-state index in [-0.39, 0.29) is 35.5 Å². The number of aromatic nitrogens is 2. The van der Waals surface area contributed by atoms with Crippen LogP contribution in [-0.4, -0.2) is 46.1 Å². The molecule has 0 spiro atoms. The first-order chi connectivity index (χ1) is 12.9. The zero-order chi connectivity index (χ0) is 19.4. The Labute approximate surface area is 187 Å². The molecule has 28 heavy (non-hydrogen) atoms. The molecule has 1 aromatic heterocycles. The molecular formula is C21H38IN5O. The number of aliphatic imine (C=N–C) groups is 1. The van der Waals surface area contributed by atoms with Gasteiger partial charge in [0.25, 0.3) is 0 Å². The molecular weight excluding hydrogens is 465 g/mol. The zero-order valence-electron chi connectivity index (χ0n) is 17.9. The van der Waals surface area contributed by atoms with Gasteiger partial charge in [0, 0.05) is 36.7 Å². The first-order valence-corrected chi connectivity index (χ1v) is 10.7. The third kappa shape index (κ3) is 5.62. The second-order valence-electron chi connectivity index (χ2n) is 8.87. The van der Waals surface area contributed by atoms with Gasteiger partial charge in [-0.3, -0.25) is 9.67 Å². The predicted molar refractivity (Wildman–Crippen MR) is 126 cm³/mol. The highest BCUT2D eigenvalue weighted by Gasteiger charge is 2.35. The van der Waals surface area contributed by atoms with Crippen LogP contribution in [0.15, 0.2) is 11.2 Å². The smallest absolute Gasteiger partial charge is 0.191 e. The van der Waals surface area contributed by atoms with Crippen LogP contribution in [0.3, 0.4) is 0 Å². The summed E-state index contributed by atoms with van der Waals surface area (Å²) in [6.45, 7) is 10.1. The van der Waals surface area contributed by atoms with Crippen LogP contribution in [0.1, 0.15) is 77.1 Å². The lowest BCUT2D eigenvalue weighted by Gasteiger charge is -2.37. The SMILES string of the molecule is CCNC(=NCC1(C)CCCCC1O)NC1CCc2cn(C(C)C)nc2C1.I. The van der Waals surface area contributed by atoms with Crippen LogP contribution in [0, 0.1) is 5.41 Å². The van der Waals surface area contributed by atoms with Gasteiger partial charge in [-0.25, -0.2) is 0 Å². The van der Waals surface area contributed by atoms with E-state index in [9.17, 15) is 5.11 Å². The zero-order valence-corrected chi connectivity index (χ0v) is 20.2. The Bertz CT molecular complexity index is 659. The minimum atomic E-state index is -0.241. The molecule has 0 bridgehead atoms. The number of guanidine groups is 1. The van der Waals surface area contributed by atoms with Gasteiger partial charge in [0.05, 0.1) is 18.3 Å². The second-order valence-corrected chi connectivity index (χ2v) is 8.87. The number of hydrogen-bond donors (Lipinski definition) is 3. The molecule has 3 rings (SSSR count). The van der Waals surface area contributed by atoms with Crippen molar-refractivity contribution in [3.63, 3.8) is 0 Å². The summed E-state index contributed by atoms with van der Waals surface area (Å²) >= 11 is 0. The summed E-state index contributed by atoms with van der Waals surface area (Å²) in [5, 5.41) is 22.2. The number of nitrogens with zero attached hydrogens (tertiary/aromatic N) is 3. The summed E-state index contributed by atoms with van der Waals surface area (Å²) in [7, 11) is 0. The quantitative estimate of drug-likeness (QED) is 0.327. The molecule has 0 amide bonds. The molecule has 1 fully saturated rings. The van der Waals surface area contributed by atoms with Crippen LogP contribution in [0.4, 0.5) is 0 Å². The van der Waals surface area contributed by atoms with Gasteiger partial charge < -0.3 is 15.7 Å². The molecule has 2 aliphatic rings. The van der Waals surface area contributed by atoms with Crippen molar-refractivity contribution >= 4 is 29.9 Å². The van der Waals surface area contributed by atoms with E-state index >= 15 is 0 Å². The van der Waals surface area contributed by atoms with E-state index < -0.39 is 0 Å².